The molecule has 0 spiro atoms. The fourth-order valence-electron chi connectivity index (χ4n) is 3.42. The lowest BCUT2D eigenvalue weighted by atomic mass is 10.0. The zero-order chi connectivity index (χ0) is 19.4. The molecular weight excluding hydrogens is 352 g/mol. The van der Waals surface area contributed by atoms with Gasteiger partial charge in [0.25, 0.3) is 0 Å². The molecule has 2 heterocycles. The van der Waals surface area contributed by atoms with Crippen molar-refractivity contribution in [3.8, 4) is 0 Å². The zero-order valence-corrected chi connectivity index (χ0v) is 15.6. The summed E-state index contributed by atoms with van der Waals surface area (Å²) < 4.78 is 22.3. The van der Waals surface area contributed by atoms with Crippen LogP contribution < -0.4 is 5.32 Å². The molecule has 2 aliphatic heterocycles. The number of nitrogens with one attached hydrogen (secondary N) is 1. The van der Waals surface area contributed by atoms with Crippen LogP contribution in [0.15, 0.2) is 35.4 Å². The van der Waals surface area contributed by atoms with Crippen molar-refractivity contribution in [1.82, 2.24) is 5.32 Å². The fraction of sp³-hybridized carbons (Fsp3) is 0.611. The van der Waals surface area contributed by atoms with Crippen LogP contribution >= 0.6 is 0 Å². The first-order chi connectivity index (χ1) is 12.9. The zero-order valence-electron chi connectivity index (χ0n) is 15.6. The SMILES string of the molecule is COC(=O)C(Cc1ccccc1)NC[C@H]1O[C@@H]2OC(C)(C)O[C@@H]2[C@H]1N=[N+]=[N-]. The van der Waals surface area contributed by atoms with Crippen molar-refractivity contribution in [2.24, 2.45) is 5.11 Å². The molecule has 9 heteroatoms. The average Bonchev–Trinajstić information content (AvgIpc) is 3.11. The van der Waals surface area contributed by atoms with Crippen LogP contribution in [0.1, 0.15) is 19.4 Å². The molecule has 0 radical (unpaired) electrons. The molecule has 2 saturated heterocycles. The van der Waals surface area contributed by atoms with Gasteiger partial charge in [0.05, 0.1) is 19.3 Å². The number of methoxy groups -OCH3 is 1. The van der Waals surface area contributed by atoms with Gasteiger partial charge in [0.1, 0.15) is 12.1 Å². The summed E-state index contributed by atoms with van der Waals surface area (Å²) in [4.78, 5) is 15.1. The van der Waals surface area contributed by atoms with E-state index in [1.54, 1.807) is 13.8 Å². The number of hydrogen-bond donors (Lipinski definition) is 1. The number of carbonyl (C=O) groups is 1. The predicted molar refractivity (Wildman–Crippen MR) is 95.6 cm³/mol. The Kier molecular flexibility index (Phi) is 5.98. The van der Waals surface area contributed by atoms with E-state index in [1.165, 1.54) is 7.11 Å². The van der Waals surface area contributed by atoms with Crippen LogP contribution in [0, 0.1) is 0 Å². The van der Waals surface area contributed by atoms with Crippen molar-refractivity contribution >= 4 is 5.97 Å². The molecule has 146 valence electrons. The standard InChI is InChI=1S/C18H24N4O5/c1-18(2)26-15-14(21-22-19)13(25-17(15)27-18)10-20-12(16(23)24-3)9-11-7-5-4-6-8-11/h4-8,12-15,17,20H,9-10H2,1-3H3/t12?,13-,14+,15-,17-/m1/s1. The summed E-state index contributed by atoms with van der Waals surface area (Å²) in [6.07, 6.45) is -1.09. The van der Waals surface area contributed by atoms with Crippen molar-refractivity contribution in [2.45, 2.75) is 56.6 Å². The van der Waals surface area contributed by atoms with Gasteiger partial charge < -0.3 is 24.3 Å². The van der Waals surface area contributed by atoms with E-state index in [-0.39, 0.29) is 12.5 Å². The molecule has 1 aromatic carbocycles. The van der Waals surface area contributed by atoms with Crippen LogP contribution in [-0.4, -0.2) is 56.0 Å². The largest absolute Gasteiger partial charge is 0.468 e. The number of rotatable bonds is 7. The van der Waals surface area contributed by atoms with E-state index in [4.69, 9.17) is 24.5 Å². The van der Waals surface area contributed by atoms with Gasteiger partial charge in [0.2, 0.25) is 0 Å². The summed E-state index contributed by atoms with van der Waals surface area (Å²) in [6, 6.07) is 8.54. The van der Waals surface area contributed by atoms with Crippen LogP contribution in [0.3, 0.4) is 0 Å². The number of fused-ring (bicyclic) bond motifs is 1. The van der Waals surface area contributed by atoms with Crippen molar-refractivity contribution < 1.29 is 23.7 Å². The topological polar surface area (TPSA) is 115 Å². The van der Waals surface area contributed by atoms with Crippen molar-refractivity contribution in [1.29, 1.82) is 0 Å². The van der Waals surface area contributed by atoms with E-state index in [0.29, 0.717) is 6.42 Å². The second kappa shape index (κ2) is 8.24. The van der Waals surface area contributed by atoms with Crippen LogP contribution in [0.5, 0.6) is 0 Å². The Bertz CT molecular complexity index is 707. The molecule has 0 bridgehead atoms. The average molecular weight is 376 g/mol. The monoisotopic (exact) mass is 376 g/mol. The van der Waals surface area contributed by atoms with E-state index >= 15 is 0 Å². The second-order valence-electron chi connectivity index (χ2n) is 7.01. The molecule has 2 aliphatic rings. The summed E-state index contributed by atoms with van der Waals surface area (Å²) in [6.45, 7) is 3.85. The van der Waals surface area contributed by atoms with Gasteiger partial charge in [0, 0.05) is 11.5 Å². The third-order valence-corrected chi connectivity index (χ3v) is 4.63. The van der Waals surface area contributed by atoms with E-state index in [1.807, 2.05) is 30.3 Å². The third-order valence-electron chi connectivity index (χ3n) is 4.63. The summed E-state index contributed by atoms with van der Waals surface area (Å²) in [5, 5.41) is 7.00. The first-order valence-electron chi connectivity index (χ1n) is 8.84. The summed E-state index contributed by atoms with van der Waals surface area (Å²) in [7, 11) is 1.35. The van der Waals surface area contributed by atoms with Crippen molar-refractivity contribution in [3.63, 3.8) is 0 Å². The van der Waals surface area contributed by atoms with Gasteiger partial charge >= 0.3 is 5.97 Å². The minimum Gasteiger partial charge on any atom is -0.468 e. The Morgan fingerprint density at radius 3 is 2.78 bits per heavy atom. The molecule has 0 amide bonds. The van der Waals surface area contributed by atoms with Gasteiger partial charge in [-0.25, -0.2) is 0 Å². The highest BCUT2D eigenvalue weighted by molar-refractivity contribution is 5.76. The van der Waals surface area contributed by atoms with Crippen molar-refractivity contribution in [2.75, 3.05) is 13.7 Å². The Morgan fingerprint density at radius 1 is 1.37 bits per heavy atom. The number of benzene rings is 1. The van der Waals surface area contributed by atoms with Gasteiger partial charge in [-0.05, 0) is 31.4 Å². The first kappa shape index (κ1) is 19.6. The lowest BCUT2D eigenvalue weighted by molar-refractivity contribution is -0.205. The number of azide groups is 1. The molecule has 1 unspecified atom stereocenters. The van der Waals surface area contributed by atoms with Gasteiger partial charge in [0.15, 0.2) is 12.1 Å². The van der Waals surface area contributed by atoms with Crippen LogP contribution in [0.2, 0.25) is 0 Å². The molecule has 3 rings (SSSR count). The minimum atomic E-state index is -0.793. The maximum Gasteiger partial charge on any atom is 0.323 e. The molecule has 0 saturated carbocycles. The number of carbonyl (C=O) groups excluding carboxylic acids is 1. The Hall–Kier alpha value is -2.16. The molecule has 1 N–H and O–H groups in total. The second-order valence-corrected chi connectivity index (χ2v) is 7.01. The fourth-order valence-corrected chi connectivity index (χ4v) is 3.42. The first-order valence-corrected chi connectivity index (χ1v) is 8.84. The number of ether oxygens (including phenoxy) is 4. The van der Waals surface area contributed by atoms with E-state index < -0.39 is 36.4 Å². The number of nitrogens with zero attached hydrogens (tertiary/aromatic N) is 3. The predicted octanol–water partition coefficient (Wildman–Crippen LogP) is 1.92. The molecule has 0 aromatic heterocycles. The van der Waals surface area contributed by atoms with E-state index in [2.05, 4.69) is 15.3 Å². The van der Waals surface area contributed by atoms with Gasteiger partial charge in [-0.15, -0.1) is 0 Å². The smallest absolute Gasteiger partial charge is 0.323 e. The van der Waals surface area contributed by atoms with Gasteiger partial charge in [-0.1, -0.05) is 35.4 Å². The normalized spacial score (nSPS) is 29.6. The van der Waals surface area contributed by atoms with Crippen molar-refractivity contribution in [3.05, 3.63) is 46.3 Å². The lowest BCUT2D eigenvalue weighted by Gasteiger charge is -2.25. The minimum absolute atomic E-state index is 0.288. The van der Waals surface area contributed by atoms with Crippen LogP contribution in [0.25, 0.3) is 10.4 Å². The van der Waals surface area contributed by atoms with E-state index in [0.717, 1.165) is 5.56 Å². The molecule has 0 aliphatic carbocycles. The van der Waals surface area contributed by atoms with E-state index in [9.17, 15) is 4.79 Å². The number of hydrogen-bond acceptors (Lipinski definition) is 7. The van der Waals surface area contributed by atoms with Crippen LogP contribution in [0.4, 0.5) is 0 Å². The highest BCUT2D eigenvalue weighted by Crippen LogP contribution is 2.38. The Morgan fingerprint density at radius 2 is 2.11 bits per heavy atom. The molecule has 2 fully saturated rings. The maximum atomic E-state index is 12.2. The van der Waals surface area contributed by atoms with Crippen LogP contribution in [-0.2, 0) is 30.2 Å². The molecule has 1 aromatic rings. The molecule has 9 nitrogen and oxygen atoms in total. The summed E-state index contributed by atoms with van der Waals surface area (Å²) >= 11 is 0. The molecular formula is C18H24N4O5. The Labute approximate surface area is 157 Å². The van der Waals surface area contributed by atoms with Gasteiger partial charge in [-0.2, -0.15) is 0 Å². The quantitative estimate of drug-likeness (QED) is 0.336. The lowest BCUT2D eigenvalue weighted by Crippen LogP contribution is -2.46. The van der Waals surface area contributed by atoms with Gasteiger partial charge in [-0.3, -0.25) is 4.79 Å². The third kappa shape index (κ3) is 4.58. The molecule has 5 atom stereocenters. The highest BCUT2D eigenvalue weighted by atomic mass is 16.8. The molecule has 27 heavy (non-hydrogen) atoms. The maximum absolute atomic E-state index is 12.2. The Balaban J connectivity index is 1.66. The highest BCUT2D eigenvalue weighted by Gasteiger charge is 2.54. The summed E-state index contributed by atoms with van der Waals surface area (Å²) in [5.41, 5.74) is 9.91. The number of esters is 1. The summed E-state index contributed by atoms with van der Waals surface area (Å²) in [5.74, 6) is -1.16.